The van der Waals surface area contributed by atoms with Crippen molar-refractivity contribution < 1.29 is 28.6 Å². The van der Waals surface area contributed by atoms with Gasteiger partial charge in [0.15, 0.2) is 6.10 Å². The van der Waals surface area contributed by atoms with Crippen LogP contribution in [0.3, 0.4) is 0 Å². The zero-order chi connectivity index (χ0) is 50.7. The summed E-state index contributed by atoms with van der Waals surface area (Å²) >= 11 is 0. The predicted molar refractivity (Wildman–Crippen MR) is 302 cm³/mol. The SMILES string of the molecule is CCCCC/C=C\C/C=C\C/C=C\C/C=C\CCCC(=O)O[C@H](COC(=O)CCCCCC/C=C\C/C=C\C/C=C\CCCCC)COC(=O)CCCCCCCCCCCCCCCCCCCC. The molecule has 0 aliphatic carbocycles. The van der Waals surface area contributed by atoms with Crippen LogP contribution in [0.2, 0.25) is 0 Å². The molecule has 0 aromatic carbocycles. The molecule has 1 atom stereocenters. The highest BCUT2D eigenvalue weighted by Crippen LogP contribution is 2.16. The summed E-state index contributed by atoms with van der Waals surface area (Å²) in [6.45, 7) is 6.54. The van der Waals surface area contributed by atoms with Gasteiger partial charge in [0, 0.05) is 19.3 Å². The molecular weight excluding hydrogens is 865 g/mol. The average molecular weight is 976 g/mol. The molecule has 0 aliphatic rings. The lowest BCUT2D eigenvalue weighted by Gasteiger charge is -2.18. The van der Waals surface area contributed by atoms with Gasteiger partial charge in [0.25, 0.3) is 0 Å². The molecule has 0 aromatic rings. The van der Waals surface area contributed by atoms with Gasteiger partial charge in [-0.15, -0.1) is 0 Å². The van der Waals surface area contributed by atoms with Crippen molar-refractivity contribution in [1.82, 2.24) is 0 Å². The van der Waals surface area contributed by atoms with Crippen molar-refractivity contribution in [3.63, 3.8) is 0 Å². The Bertz CT molecular complexity index is 1350. The molecule has 0 aromatic heterocycles. The first kappa shape index (κ1) is 66.6. The Morgan fingerprint density at radius 1 is 0.286 bits per heavy atom. The van der Waals surface area contributed by atoms with Gasteiger partial charge in [-0.2, -0.15) is 0 Å². The number of hydrogen-bond donors (Lipinski definition) is 0. The standard InChI is InChI=1S/C64H110O6/c1-4-7-10-13-16-19-22-25-28-31-34-36-39-42-45-48-51-54-57-63(66)69-60-61(70-64(67)58-55-52-49-46-43-40-37-33-30-27-24-21-18-15-12-9-6-3)59-68-62(65)56-53-50-47-44-41-38-35-32-29-26-23-20-17-14-11-8-5-2/h17-18,20-21,26-27,29-30,35,37-38,40,46,49,61H,4-16,19,22-25,28,31-34,36,39,41-45,47-48,50-60H2,1-3H3/b20-17-,21-18-,29-26-,30-27-,38-35-,40-37-,49-46-/t61-/m1/s1. The second kappa shape index (κ2) is 58.2. The lowest BCUT2D eigenvalue weighted by atomic mass is 10.0. The first-order valence-electron chi connectivity index (χ1n) is 29.6. The molecule has 402 valence electrons. The molecule has 6 nitrogen and oxygen atoms in total. The Balaban J connectivity index is 4.48. The van der Waals surface area contributed by atoms with Gasteiger partial charge < -0.3 is 14.2 Å². The zero-order valence-corrected chi connectivity index (χ0v) is 46.0. The maximum absolute atomic E-state index is 12.8. The fourth-order valence-corrected chi connectivity index (χ4v) is 8.15. The quantitative estimate of drug-likeness (QED) is 0.0261. The van der Waals surface area contributed by atoms with E-state index in [9.17, 15) is 14.4 Å². The molecule has 0 rings (SSSR count). The van der Waals surface area contributed by atoms with Gasteiger partial charge in [-0.25, -0.2) is 0 Å². The lowest BCUT2D eigenvalue weighted by Crippen LogP contribution is -2.30. The monoisotopic (exact) mass is 975 g/mol. The zero-order valence-electron chi connectivity index (χ0n) is 46.0. The summed E-state index contributed by atoms with van der Waals surface area (Å²) in [5.74, 6) is -0.974. The maximum Gasteiger partial charge on any atom is 0.306 e. The van der Waals surface area contributed by atoms with Crippen molar-refractivity contribution in [2.24, 2.45) is 0 Å². The van der Waals surface area contributed by atoms with Crippen LogP contribution in [-0.4, -0.2) is 37.2 Å². The molecule has 70 heavy (non-hydrogen) atoms. The van der Waals surface area contributed by atoms with Crippen molar-refractivity contribution in [2.45, 2.75) is 290 Å². The number of hydrogen-bond acceptors (Lipinski definition) is 6. The smallest absolute Gasteiger partial charge is 0.306 e. The third-order valence-corrected chi connectivity index (χ3v) is 12.6. The molecular formula is C64H110O6. The molecule has 0 amide bonds. The van der Waals surface area contributed by atoms with E-state index in [2.05, 4.69) is 106 Å². The van der Waals surface area contributed by atoms with Crippen molar-refractivity contribution in [3.05, 3.63) is 85.1 Å². The van der Waals surface area contributed by atoms with E-state index in [1.165, 1.54) is 148 Å². The van der Waals surface area contributed by atoms with Crippen LogP contribution in [0.25, 0.3) is 0 Å². The number of unbranched alkanes of at least 4 members (excludes halogenated alkanes) is 28. The molecule has 0 fully saturated rings. The van der Waals surface area contributed by atoms with E-state index in [-0.39, 0.29) is 37.5 Å². The molecule has 0 aliphatic heterocycles. The molecule has 0 saturated carbocycles. The molecule has 0 radical (unpaired) electrons. The molecule has 0 N–H and O–H groups in total. The summed E-state index contributed by atoms with van der Waals surface area (Å²) in [7, 11) is 0. The van der Waals surface area contributed by atoms with Gasteiger partial charge >= 0.3 is 17.9 Å². The average Bonchev–Trinajstić information content (AvgIpc) is 3.36. The van der Waals surface area contributed by atoms with Crippen molar-refractivity contribution in [3.8, 4) is 0 Å². The Labute approximate surface area is 433 Å². The van der Waals surface area contributed by atoms with Gasteiger partial charge in [-0.3, -0.25) is 14.4 Å². The highest BCUT2D eigenvalue weighted by atomic mass is 16.6. The summed E-state index contributed by atoms with van der Waals surface area (Å²) in [5.41, 5.74) is 0. The van der Waals surface area contributed by atoms with Crippen LogP contribution >= 0.6 is 0 Å². The maximum atomic E-state index is 12.8. The summed E-state index contributed by atoms with van der Waals surface area (Å²) in [4.78, 5) is 38.2. The molecule has 0 unspecified atom stereocenters. The van der Waals surface area contributed by atoms with Gasteiger partial charge in [-0.1, -0.05) is 254 Å². The predicted octanol–water partition coefficient (Wildman–Crippen LogP) is 19.9. The Morgan fingerprint density at radius 3 is 0.871 bits per heavy atom. The van der Waals surface area contributed by atoms with Crippen molar-refractivity contribution >= 4 is 17.9 Å². The Hall–Kier alpha value is -3.41. The van der Waals surface area contributed by atoms with Gasteiger partial charge in [-0.05, 0) is 96.3 Å². The number of esters is 3. The van der Waals surface area contributed by atoms with E-state index in [0.717, 1.165) is 89.9 Å². The first-order chi connectivity index (χ1) is 34.5. The third-order valence-electron chi connectivity index (χ3n) is 12.6. The Morgan fingerprint density at radius 2 is 0.529 bits per heavy atom. The molecule has 6 heteroatoms. The molecule has 0 saturated heterocycles. The minimum Gasteiger partial charge on any atom is -0.462 e. The van der Waals surface area contributed by atoms with E-state index in [4.69, 9.17) is 14.2 Å². The van der Waals surface area contributed by atoms with Gasteiger partial charge in [0.2, 0.25) is 0 Å². The topological polar surface area (TPSA) is 78.9 Å². The number of ether oxygens (including phenoxy) is 3. The van der Waals surface area contributed by atoms with E-state index >= 15 is 0 Å². The van der Waals surface area contributed by atoms with E-state index in [0.29, 0.717) is 19.3 Å². The van der Waals surface area contributed by atoms with E-state index < -0.39 is 6.10 Å². The van der Waals surface area contributed by atoms with E-state index in [1.54, 1.807) is 0 Å². The largest absolute Gasteiger partial charge is 0.462 e. The fraction of sp³-hybridized carbons (Fsp3) is 0.734. The molecule has 0 spiro atoms. The highest BCUT2D eigenvalue weighted by Gasteiger charge is 2.19. The lowest BCUT2D eigenvalue weighted by molar-refractivity contribution is -0.167. The second-order valence-electron chi connectivity index (χ2n) is 19.6. The fourth-order valence-electron chi connectivity index (χ4n) is 8.15. The summed E-state index contributed by atoms with van der Waals surface area (Å²) in [6.07, 6.45) is 75.8. The van der Waals surface area contributed by atoms with E-state index in [1.807, 2.05) is 0 Å². The number of carbonyl (C=O) groups excluding carboxylic acids is 3. The van der Waals surface area contributed by atoms with Crippen molar-refractivity contribution in [2.75, 3.05) is 13.2 Å². The highest BCUT2D eigenvalue weighted by molar-refractivity contribution is 5.71. The van der Waals surface area contributed by atoms with Gasteiger partial charge in [0.1, 0.15) is 13.2 Å². The van der Waals surface area contributed by atoms with Crippen LogP contribution in [0, 0.1) is 0 Å². The summed E-state index contributed by atoms with van der Waals surface area (Å²) in [5, 5.41) is 0. The normalized spacial score (nSPS) is 12.7. The number of carbonyl (C=O) groups is 3. The Kier molecular flexibility index (Phi) is 55.3. The third kappa shape index (κ3) is 55.5. The van der Waals surface area contributed by atoms with Crippen LogP contribution in [0.5, 0.6) is 0 Å². The van der Waals surface area contributed by atoms with Crippen LogP contribution < -0.4 is 0 Å². The number of allylic oxidation sites excluding steroid dienone is 14. The van der Waals surface area contributed by atoms with Crippen LogP contribution in [0.15, 0.2) is 85.1 Å². The molecule has 0 bridgehead atoms. The first-order valence-corrected chi connectivity index (χ1v) is 29.6. The van der Waals surface area contributed by atoms with Crippen molar-refractivity contribution in [1.29, 1.82) is 0 Å². The number of rotatable bonds is 53. The van der Waals surface area contributed by atoms with Crippen LogP contribution in [-0.2, 0) is 28.6 Å². The minimum absolute atomic E-state index is 0.104. The van der Waals surface area contributed by atoms with Crippen LogP contribution in [0.1, 0.15) is 284 Å². The van der Waals surface area contributed by atoms with Crippen LogP contribution in [0.4, 0.5) is 0 Å². The summed E-state index contributed by atoms with van der Waals surface area (Å²) < 4.78 is 16.8. The minimum atomic E-state index is -0.814. The second-order valence-corrected chi connectivity index (χ2v) is 19.6. The van der Waals surface area contributed by atoms with Gasteiger partial charge in [0.05, 0.1) is 0 Å². The molecule has 0 heterocycles. The summed E-state index contributed by atoms with van der Waals surface area (Å²) in [6, 6.07) is 0.